The number of nitrogens with zero attached hydrogens (tertiary/aromatic N) is 1. The Labute approximate surface area is 149 Å². The van der Waals surface area contributed by atoms with Gasteiger partial charge < -0.3 is 10.1 Å². The molecule has 2 aromatic carbocycles. The fraction of sp³-hybridized carbons (Fsp3) is 0.222. The number of benzene rings is 2. The molecule has 2 aliphatic rings. The number of ketones is 1. The number of halogens is 2. The molecule has 0 bridgehead atoms. The van der Waals surface area contributed by atoms with Crippen LogP contribution in [0.5, 0.6) is 0 Å². The minimum atomic E-state index is -0.729. The van der Waals surface area contributed by atoms with Crippen LogP contribution in [0.25, 0.3) is 0 Å². The van der Waals surface area contributed by atoms with Crippen molar-refractivity contribution >= 4 is 46.3 Å². The van der Waals surface area contributed by atoms with E-state index in [1.165, 1.54) is 0 Å². The summed E-state index contributed by atoms with van der Waals surface area (Å²) in [7, 11) is 0. The molecule has 1 saturated heterocycles. The van der Waals surface area contributed by atoms with Crippen molar-refractivity contribution in [2.24, 2.45) is 4.99 Å². The molecule has 0 radical (unpaired) electrons. The minimum Gasteiger partial charge on any atom is -0.463 e. The van der Waals surface area contributed by atoms with E-state index in [2.05, 4.69) is 10.3 Å². The van der Waals surface area contributed by atoms with Gasteiger partial charge >= 0.3 is 0 Å². The highest BCUT2D eigenvalue weighted by Crippen LogP contribution is 2.39. The molecule has 2 atom stereocenters. The summed E-state index contributed by atoms with van der Waals surface area (Å²) >= 11 is 12.0. The highest BCUT2D eigenvalue weighted by Gasteiger charge is 2.44. The number of carbonyl (C=O) groups is 1. The second kappa shape index (κ2) is 5.50. The highest BCUT2D eigenvalue weighted by molar-refractivity contribution is 6.42. The van der Waals surface area contributed by atoms with Crippen LogP contribution in [0.15, 0.2) is 35.3 Å². The van der Waals surface area contributed by atoms with Gasteiger partial charge in [-0.1, -0.05) is 29.3 Å². The number of ether oxygens (including phenoxy) is 1. The normalized spacial score (nSPS) is 21.5. The van der Waals surface area contributed by atoms with Gasteiger partial charge in [-0.2, -0.15) is 0 Å². The molecule has 24 heavy (non-hydrogen) atoms. The zero-order chi connectivity index (χ0) is 17.0. The molecule has 0 aliphatic carbocycles. The quantitative estimate of drug-likeness (QED) is 0.796. The Kier molecular flexibility index (Phi) is 3.55. The average molecular weight is 361 g/mol. The summed E-state index contributed by atoms with van der Waals surface area (Å²) < 4.78 is 5.82. The number of rotatable bonds is 1. The van der Waals surface area contributed by atoms with Crippen molar-refractivity contribution in [3.8, 4) is 0 Å². The molecule has 4 rings (SSSR count). The van der Waals surface area contributed by atoms with Crippen molar-refractivity contribution < 1.29 is 9.53 Å². The van der Waals surface area contributed by atoms with Crippen molar-refractivity contribution in [1.82, 2.24) is 0 Å². The molecule has 0 aromatic heterocycles. The Morgan fingerprint density at radius 1 is 1.08 bits per heavy atom. The Bertz CT molecular complexity index is 908. The molecule has 1 fully saturated rings. The lowest BCUT2D eigenvalue weighted by Crippen LogP contribution is -2.34. The number of aryl methyl sites for hydroxylation is 2. The van der Waals surface area contributed by atoms with Crippen molar-refractivity contribution in [2.45, 2.75) is 26.0 Å². The fourth-order valence-corrected chi connectivity index (χ4v) is 3.24. The van der Waals surface area contributed by atoms with Gasteiger partial charge in [0.1, 0.15) is 0 Å². The molecule has 2 heterocycles. The van der Waals surface area contributed by atoms with E-state index in [-0.39, 0.29) is 5.78 Å². The number of aliphatic imine (C=N–C) groups is 1. The minimum absolute atomic E-state index is 0.0870. The first kappa shape index (κ1) is 15.5. The van der Waals surface area contributed by atoms with Gasteiger partial charge in [0.25, 0.3) is 0 Å². The number of hydrogen-bond acceptors (Lipinski definition) is 4. The van der Waals surface area contributed by atoms with Gasteiger partial charge in [-0.15, -0.1) is 0 Å². The van der Waals surface area contributed by atoms with Gasteiger partial charge in [0.05, 0.1) is 21.4 Å². The van der Waals surface area contributed by atoms with E-state index in [1.54, 1.807) is 18.2 Å². The lowest BCUT2D eigenvalue weighted by molar-refractivity contribution is -0.122. The summed E-state index contributed by atoms with van der Waals surface area (Å²) in [5, 5.41) is 4.07. The Balaban J connectivity index is 1.71. The van der Waals surface area contributed by atoms with E-state index in [4.69, 9.17) is 27.9 Å². The topological polar surface area (TPSA) is 50.7 Å². The molecule has 1 N–H and O–H groups in total. The zero-order valence-corrected chi connectivity index (χ0v) is 14.6. The van der Waals surface area contributed by atoms with Crippen LogP contribution in [0.1, 0.15) is 22.8 Å². The van der Waals surface area contributed by atoms with Gasteiger partial charge in [0.2, 0.25) is 11.7 Å². The van der Waals surface area contributed by atoms with Crippen LogP contribution in [0.4, 0.5) is 11.4 Å². The molecule has 0 amide bonds. The Morgan fingerprint density at radius 2 is 1.83 bits per heavy atom. The Hall–Kier alpha value is -2.04. The number of nitrogens with one attached hydrogen (secondary N) is 1. The van der Waals surface area contributed by atoms with Crippen molar-refractivity contribution in [2.75, 3.05) is 5.32 Å². The maximum absolute atomic E-state index is 12.8. The first-order chi connectivity index (χ1) is 11.4. The molecule has 6 heteroatoms. The molecule has 2 aromatic rings. The van der Waals surface area contributed by atoms with Crippen LogP contribution in [-0.2, 0) is 9.53 Å². The largest absolute Gasteiger partial charge is 0.463 e. The van der Waals surface area contributed by atoms with Crippen LogP contribution in [0, 0.1) is 13.8 Å². The third-order valence-corrected chi connectivity index (χ3v) is 5.16. The summed E-state index contributed by atoms with van der Waals surface area (Å²) in [5.74, 6) is 0.308. The maximum atomic E-state index is 12.8. The van der Waals surface area contributed by atoms with Crippen LogP contribution in [-0.4, -0.2) is 17.7 Å². The summed E-state index contributed by atoms with van der Waals surface area (Å²) in [6, 6.07) is 8.49. The second-order valence-corrected chi connectivity index (χ2v) is 6.87. The second-order valence-electron chi connectivity index (χ2n) is 6.05. The van der Waals surface area contributed by atoms with Crippen molar-refractivity contribution in [3.05, 3.63) is 57.1 Å². The van der Waals surface area contributed by atoms with Gasteiger partial charge in [-0.25, -0.2) is 4.99 Å². The van der Waals surface area contributed by atoms with E-state index >= 15 is 0 Å². The summed E-state index contributed by atoms with van der Waals surface area (Å²) in [4.78, 5) is 17.3. The first-order valence-corrected chi connectivity index (χ1v) is 8.31. The lowest BCUT2D eigenvalue weighted by Gasteiger charge is -2.20. The van der Waals surface area contributed by atoms with Crippen LogP contribution in [0.2, 0.25) is 10.0 Å². The van der Waals surface area contributed by atoms with E-state index in [0.29, 0.717) is 21.5 Å². The molecule has 0 saturated carbocycles. The average Bonchev–Trinajstić information content (AvgIpc) is 2.86. The third kappa shape index (κ3) is 2.38. The van der Waals surface area contributed by atoms with E-state index in [0.717, 1.165) is 22.5 Å². The molecule has 0 spiro atoms. The fourth-order valence-electron chi connectivity index (χ4n) is 2.93. The summed E-state index contributed by atoms with van der Waals surface area (Å²) in [6.45, 7) is 4.06. The molecule has 122 valence electrons. The van der Waals surface area contributed by atoms with Crippen LogP contribution in [0.3, 0.4) is 0 Å². The summed E-state index contributed by atoms with van der Waals surface area (Å²) in [5.41, 5.74) is 4.59. The Morgan fingerprint density at radius 3 is 2.58 bits per heavy atom. The van der Waals surface area contributed by atoms with E-state index in [1.807, 2.05) is 26.0 Å². The number of anilines is 1. The number of fused-ring (bicyclic) bond motifs is 2. The van der Waals surface area contributed by atoms with Crippen LogP contribution >= 0.6 is 23.2 Å². The van der Waals surface area contributed by atoms with Gasteiger partial charge in [-0.05, 0) is 49.2 Å². The number of hydrogen-bond donors (Lipinski definition) is 1. The zero-order valence-electron chi connectivity index (χ0n) is 13.1. The predicted octanol–water partition coefficient (Wildman–Crippen LogP) is 4.77. The standard InChI is InChI=1S/C18H14Cl2N2O2/c1-8-5-13-14(6-9(8)2)22-18-15(21-13)16(23)17(24-18)10-3-4-11(19)12(20)7-10/h3-7,15,17,21H,1-2H3/t15-,17+/m1/s1. The smallest absolute Gasteiger partial charge is 0.220 e. The molecular formula is C18H14Cl2N2O2. The third-order valence-electron chi connectivity index (χ3n) is 4.42. The molecule has 0 unspecified atom stereocenters. The van der Waals surface area contributed by atoms with Crippen LogP contribution < -0.4 is 5.32 Å². The van der Waals surface area contributed by atoms with E-state index in [9.17, 15) is 4.79 Å². The number of carbonyl (C=O) groups excluding carboxylic acids is 1. The van der Waals surface area contributed by atoms with Gasteiger partial charge in [0, 0.05) is 5.56 Å². The SMILES string of the molecule is Cc1cc2c(cc1C)N[C@@H]1C(=O)[C@H](c3ccc(Cl)c(Cl)c3)OC1=N2. The predicted molar refractivity (Wildman–Crippen MR) is 95.7 cm³/mol. The van der Waals surface area contributed by atoms with Crippen molar-refractivity contribution in [3.63, 3.8) is 0 Å². The maximum Gasteiger partial charge on any atom is 0.220 e. The molecule has 4 nitrogen and oxygen atoms in total. The highest BCUT2D eigenvalue weighted by atomic mass is 35.5. The lowest BCUT2D eigenvalue weighted by atomic mass is 10.0. The van der Waals surface area contributed by atoms with E-state index < -0.39 is 12.1 Å². The van der Waals surface area contributed by atoms with Crippen molar-refractivity contribution in [1.29, 1.82) is 0 Å². The number of Topliss-reactive ketones (excluding diaryl/α,β-unsaturated/α-hetero) is 1. The first-order valence-electron chi connectivity index (χ1n) is 7.56. The monoisotopic (exact) mass is 360 g/mol. The van der Waals surface area contributed by atoms with Gasteiger partial charge in [-0.3, -0.25) is 4.79 Å². The molecule has 2 aliphatic heterocycles. The van der Waals surface area contributed by atoms with Gasteiger partial charge in [0.15, 0.2) is 12.1 Å². The summed E-state index contributed by atoms with van der Waals surface area (Å²) in [6.07, 6.45) is -0.729. The molecular weight excluding hydrogens is 347 g/mol.